The van der Waals surface area contributed by atoms with Crippen LogP contribution in [-0.4, -0.2) is 14.7 Å². The van der Waals surface area contributed by atoms with E-state index in [1.54, 1.807) is 6.07 Å². The summed E-state index contributed by atoms with van der Waals surface area (Å²) in [6, 6.07) is 4.43. The van der Waals surface area contributed by atoms with Crippen LogP contribution >= 0.6 is 31.9 Å². The van der Waals surface area contributed by atoms with Gasteiger partial charge in [-0.2, -0.15) is 5.10 Å². The number of halogens is 2. The van der Waals surface area contributed by atoms with Crippen LogP contribution in [0.2, 0.25) is 0 Å². The Kier molecular flexibility index (Phi) is 5.00. The van der Waals surface area contributed by atoms with E-state index >= 15 is 0 Å². The number of aryl methyl sites for hydroxylation is 2. The third-order valence-electron chi connectivity index (χ3n) is 2.94. The van der Waals surface area contributed by atoms with Crippen LogP contribution in [0.3, 0.4) is 0 Å². The lowest BCUT2D eigenvalue weighted by Gasteiger charge is -2.10. The van der Waals surface area contributed by atoms with E-state index in [2.05, 4.69) is 37.0 Å². The first-order valence-corrected chi connectivity index (χ1v) is 7.81. The summed E-state index contributed by atoms with van der Waals surface area (Å²) in [4.78, 5) is 10.4. The second-order valence-electron chi connectivity index (χ2n) is 4.32. The number of nitro benzene ring substituents is 1. The lowest BCUT2D eigenvalue weighted by Crippen LogP contribution is -2.07. The summed E-state index contributed by atoms with van der Waals surface area (Å²) >= 11 is 6.82. The lowest BCUT2D eigenvalue weighted by atomic mass is 10.3. The van der Waals surface area contributed by atoms with Crippen LogP contribution in [0.15, 0.2) is 27.1 Å². The molecule has 0 aliphatic rings. The molecular formula is C13H13Br2N3O3. The minimum absolute atomic E-state index is 0.00699. The first kappa shape index (κ1) is 16.0. The van der Waals surface area contributed by atoms with Gasteiger partial charge in [0.1, 0.15) is 12.4 Å². The Hall–Kier alpha value is -1.41. The van der Waals surface area contributed by atoms with Crippen LogP contribution in [0.1, 0.15) is 18.3 Å². The third-order valence-corrected chi connectivity index (χ3v) is 4.63. The van der Waals surface area contributed by atoms with Crippen LogP contribution in [0.5, 0.6) is 5.75 Å². The minimum Gasteiger partial charge on any atom is -0.486 e. The molecule has 1 aromatic heterocycles. The van der Waals surface area contributed by atoms with Crippen molar-refractivity contribution >= 4 is 37.5 Å². The molecule has 6 nitrogen and oxygen atoms in total. The third kappa shape index (κ3) is 3.44. The monoisotopic (exact) mass is 417 g/mol. The molecule has 0 aliphatic carbocycles. The number of non-ortho nitro benzene ring substituents is 1. The molecule has 0 N–H and O–H groups in total. The number of rotatable bonds is 5. The van der Waals surface area contributed by atoms with Gasteiger partial charge in [0.2, 0.25) is 0 Å². The van der Waals surface area contributed by atoms with Gasteiger partial charge >= 0.3 is 0 Å². The number of nitrogens with zero attached hydrogens (tertiary/aromatic N) is 3. The quantitative estimate of drug-likeness (QED) is 0.538. The zero-order valence-corrected chi connectivity index (χ0v) is 14.6. The molecule has 1 aromatic carbocycles. The van der Waals surface area contributed by atoms with Crippen molar-refractivity contribution in [1.29, 1.82) is 0 Å². The predicted molar refractivity (Wildman–Crippen MR) is 85.5 cm³/mol. The van der Waals surface area contributed by atoms with Gasteiger partial charge in [0.15, 0.2) is 0 Å². The second kappa shape index (κ2) is 6.57. The van der Waals surface area contributed by atoms with Crippen molar-refractivity contribution in [3.63, 3.8) is 0 Å². The highest BCUT2D eigenvalue weighted by atomic mass is 79.9. The maximum absolute atomic E-state index is 10.8. The van der Waals surface area contributed by atoms with Gasteiger partial charge in [-0.05, 0) is 51.8 Å². The summed E-state index contributed by atoms with van der Waals surface area (Å²) in [5.41, 5.74) is 1.77. The van der Waals surface area contributed by atoms with Crippen molar-refractivity contribution in [2.24, 2.45) is 0 Å². The fourth-order valence-electron chi connectivity index (χ4n) is 1.87. The summed E-state index contributed by atoms with van der Waals surface area (Å²) in [7, 11) is 0. The SMILES string of the molecule is CCn1nc(C)c(Br)c1COc1cc([N+](=O)[O-])ccc1Br. The highest BCUT2D eigenvalue weighted by molar-refractivity contribution is 9.10. The summed E-state index contributed by atoms with van der Waals surface area (Å²) in [5.74, 6) is 0.428. The van der Waals surface area contributed by atoms with Crippen LogP contribution in [0.25, 0.3) is 0 Å². The van der Waals surface area contributed by atoms with Gasteiger partial charge in [0.25, 0.3) is 5.69 Å². The summed E-state index contributed by atoms with van der Waals surface area (Å²) in [6.07, 6.45) is 0. The molecular weight excluding hydrogens is 406 g/mol. The molecule has 1 heterocycles. The van der Waals surface area contributed by atoms with Crippen molar-refractivity contribution in [1.82, 2.24) is 9.78 Å². The molecule has 21 heavy (non-hydrogen) atoms. The zero-order valence-electron chi connectivity index (χ0n) is 11.5. The van der Waals surface area contributed by atoms with Crippen molar-refractivity contribution < 1.29 is 9.66 Å². The van der Waals surface area contributed by atoms with E-state index in [0.29, 0.717) is 10.2 Å². The van der Waals surface area contributed by atoms with Gasteiger partial charge in [0.05, 0.1) is 31.3 Å². The van der Waals surface area contributed by atoms with Gasteiger partial charge in [-0.25, -0.2) is 0 Å². The molecule has 8 heteroatoms. The number of benzene rings is 1. The smallest absolute Gasteiger partial charge is 0.273 e. The van der Waals surface area contributed by atoms with Crippen LogP contribution in [-0.2, 0) is 13.2 Å². The molecule has 2 rings (SSSR count). The largest absolute Gasteiger partial charge is 0.486 e. The molecule has 112 valence electrons. The Morgan fingerprint density at radius 2 is 2.14 bits per heavy atom. The van der Waals surface area contributed by atoms with E-state index < -0.39 is 4.92 Å². The Balaban J connectivity index is 2.24. The molecule has 0 spiro atoms. The number of nitro groups is 1. The van der Waals surface area contributed by atoms with E-state index in [4.69, 9.17) is 4.74 Å². The molecule has 2 aromatic rings. The van der Waals surface area contributed by atoms with Crippen molar-refractivity contribution in [2.45, 2.75) is 27.0 Å². The molecule has 0 atom stereocenters. The van der Waals surface area contributed by atoms with Gasteiger partial charge in [-0.1, -0.05) is 0 Å². The van der Waals surface area contributed by atoms with Crippen molar-refractivity contribution in [3.8, 4) is 5.75 Å². The molecule has 0 aliphatic heterocycles. The molecule has 0 bridgehead atoms. The highest BCUT2D eigenvalue weighted by Crippen LogP contribution is 2.31. The average molecular weight is 419 g/mol. The summed E-state index contributed by atoms with van der Waals surface area (Å²) in [5, 5.41) is 15.2. The zero-order chi connectivity index (χ0) is 15.6. The molecule has 0 saturated heterocycles. The number of aromatic nitrogens is 2. The number of ether oxygens (including phenoxy) is 1. The standard InChI is InChI=1S/C13H13Br2N3O3/c1-3-17-11(13(15)8(2)16-17)7-21-12-6-9(18(19)20)4-5-10(12)14/h4-6H,3,7H2,1-2H3. The van der Waals surface area contributed by atoms with E-state index in [1.807, 2.05) is 18.5 Å². The fraction of sp³-hybridized carbons (Fsp3) is 0.308. The predicted octanol–water partition coefficient (Wildman–Crippen LogP) is 4.22. The lowest BCUT2D eigenvalue weighted by molar-refractivity contribution is -0.385. The second-order valence-corrected chi connectivity index (χ2v) is 5.97. The summed E-state index contributed by atoms with van der Waals surface area (Å²) in [6.45, 7) is 4.89. The topological polar surface area (TPSA) is 70.2 Å². The average Bonchev–Trinajstić information content (AvgIpc) is 2.73. The Bertz CT molecular complexity index is 686. The molecule has 0 unspecified atom stereocenters. The van der Waals surface area contributed by atoms with Gasteiger partial charge in [0, 0.05) is 12.6 Å². The first-order valence-electron chi connectivity index (χ1n) is 6.22. The maximum Gasteiger partial charge on any atom is 0.273 e. The Labute approximate surface area is 138 Å². The molecule has 0 radical (unpaired) electrons. The normalized spacial score (nSPS) is 10.7. The first-order chi connectivity index (χ1) is 9.93. The highest BCUT2D eigenvalue weighted by Gasteiger charge is 2.15. The van der Waals surface area contributed by atoms with Crippen LogP contribution < -0.4 is 4.74 Å². The van der Waals surface area contributed by atoms with E-state index in [-0.39, 0.29) is 12.3 Å². The summed E-state index contributed by atoms with van der Waals surface area (Å²) < 4.78 is 9.11. The van der Waals surface area contributed by atoms with Crippen molar-refractivity contribution in [2.75, 3.05) is 0 Å². The minimum atomic E-state index is -0.449. The van der Waals surface area contributed by atoms with Gasteiger partial charge in [-0.3, -0.25) is 14.8 Å². The van der Waals surface area contributed by atoms with Gasteiger partial charge < -0.3 is 4.74 Å². The molecule has 0 saturated carbocycles. The Morgan fingerprint density at radius 1 is 1.43 bits per heavy atom. The Morgan fingerprint density at radius 3 is 2.76 bits per heavy atom. The van der Waals surface area contributed by atoms with E-state index in [0.717, 1.165) is 22.4 Å². The molecule has 0 amide bonds. The number of hydrogen-bond acceptors (Lipinski definition) is 4. The van der Waals surface area contributed by atoms with E-state index in [9.17, 15) is 10.1 Å². The van der Waals surface area contributed by atoms with E-state index in [1.165, 1.54) is 12.1 Å². The van der Waals surface area contributed by atoms with Crippen LogP contribution in [0.4, 0.5) is 5.69 Å². The van der Waals surface area contributed by atoms with Crippen LogP contribution in [0, 0.1) is 17.0 Å². The van der Waals surface area contributed by atoms with Gasteiger partial charge in [-0.15, -0.1) is 0 Å². The fourth-order valence-corrected chi connectivity index (χ4v) is 2.63. The molecule has 0 fully saturated rings. The maximum atomic E-state index is 10.8. The number of hydrogen-bond donors (Lipinski definition) is 0. The van der Waals surface area contributed by atoms with Crippen molar-refractivity contribution in [3.05, 3.63) is 48.6 Å².